The molecule has 0 N–H and O–H groups in total. The summed E-state index contributed by atoms with van der Waals surface area (Å²) in [5.41, 5.74) is 1.10. The summed E-state index contributed by atoms with van der Waals surface area (Å²) < 4.78 is 0. The van der Waals surface area contributed by atoms with Crippen LogP contribution in [0.1, 0.15) is 59.8 Å². The lowest BCUT2D eigenvalue weighted by molar-refractivity contribution is 0.00922. The van der Waals surface area contributed by atoms with Crippen LogP contribution in [0.2, 0.25) is 0 Å². The smallest absolute Gasteiger partial charge is 0.0803 e. The van der Waals surface area contributed by atoms with Crippen LogP contribution in [0.15, 0.2) is 0 Å². The summed E-state index contributed by atoms with van der Waals surface area (Å²) in [5, 5.41) is 0. The van der Waals surface area contributed by atoms with Gasteiger partial charge in [-0.05, 0) is 48.3 Å². The second-order valence-electron chi connectivity index (χ2n) is 7.96. The van der Waals surface area contributed by atoms with Crippen molar-refractivity contribution in [3.8, 4) is 6.57 Å². The Kier molecular flexibility index (Phi) is 2.10. The van der Waals surface area contributed by atoms with Gasteiger partial charge in [0.15, 0.2) is 0 Å². The highest BCUT2D eigenvalue weighted by Gasteiger charge is 2.73. The Labute approximate surface area is 106 Å². The molecule has 3 aliphatic carbocycles. The summed E-state index contributed by atoms with van der Waals surface area (Å²) in [5.74, 6) is 2.54. The lowest BCUT2D eigenvalue weighted by Crippen LogP contribution is -2.49. The van der Waals surface area contributed by atoms with Gasteiger partial charge in [-0.25, -0.2) is 0 Å². The van der Waals surface area contributed by atoms with Crippen LogP contribution in [0.4, 0.5) is 0 Å². The molecule has 0 amide bonds. The van der Waals surface area contributed by atoms with Crippen molar-refractivity contribution in [3.63, 3.8) is 0 Å². The van der Waals surface area contributed by atoms with E-state index >= 15 is 0 Å². The maximum atomic E-state index is 5.80. The second kappa shape index (κ2) is 3.08. The molecule has 3 rings (SSSR count). The molecule has 0 bridgehead atoms. The average Bonchev–Trinajstić information content (AvgIpc) is 2.80. The molecule has 0 heterocycles. The van der Waals surface area contributed by atoms with Gasteiger partial charge in [0.2, 0.25) is 0 Å². The number of fused-ring (bicyclic) bond motifs is 3. The number of nitrogens with zero attached hydrogens (tertiary/aromatic N) is 1. The predicted molar refractivity (Wildman–Crippen MR) is 72.2 cm³/mol. The van der Waals surface area contributed by atoms with Crippen molar-refractivity contribution in [2.45, 2.75) is 65.3 Å². The first kappa shape index (κ1) is 11.6. The molecule has 0 aromatic carbocycles. The van der Waals surface area contributed by atoms with Crippen LogP contribution in [0.5, 0.6) is 0 Å². The highest BCUT2D eigenvalue weighted by atomic mass is 14.9. The quantitative estimate of drug-likeness (QED) is 0.576. The molecule has 3 fully saturated rings. The number of rotatable bonds is 0. The van der Waals surface area contributed by atoms with E-state index in [0.29, 0.717) is 10.8 Å². The van der Waals surface area contributed by atoms with Crippen LogP contribution in [0.3, 0.4) is 0 Å². The Morgan fingerprint density at radius 2 is 1.76 bits per heavy atom. The van der Waals surface area contributed by atoms with Crippen molar-refractivity contribution >= 4 is 0 Å². The molecule has 3 saturated carbocycles. The first-order chi connectivity index (χ1) is 7.85. The van der Waals surface area contributed by atoms with Crippen molar-refractivity contribution < 1.29 is 0 Å². The highest BCUT2D eigenvalue weighted by molar-refractivity contribution is 5.22. The summed E-state index contributed by atoms with van der Waals surface area (Å²) in [6.45, 7) is 15.5. The average molecular weight is 232 g/mol. The number of hydrogen-bond acceptors (Lipinski definition) is 0. The monoisotopic (exact) mass is 232 g/mol. The van der Waals surface area contributed by atoms with Crippen molar-refractivity contribution in [1.82, 2.24) is 0 Å². The van der Waals surface area contributed by atoms with E-state index in [4.69, 9.17) is 6.57 Å². The third kappa shape index (κ3) is 1.30. The summed E-state index contributed by atoms with van der Waals surface area (Å²) in [4.78, 5) is 4.35. The van der Waals surface area contributed by atoms with E-state index in [-0.39, 0.29) is 5.54 Å². The lowest BCUT2D eigenvalue weighted by atomic mass is 9.54. The van der Waals surface area contributed by atoms with Crippen molar-refractivity contribution in [2.24, 2.45) is 28.6 Å². The van der Waals surface area contributed by atoms with Gasteiger partial charge < -0.3 is 0 Å². The third-order valence-corrected chi connectivity index (χ3v) is 6.67. The van der Waals surface area contributed by atoms with E-state index in [2.05, 4.69) is 32.5 Å². The first-order valence-corrected chi connectivity index (χ1v) is 7.27. The predicted octanol–water partition coefficient (Wildman–Crippen LogP) is 4.58. The standard InChI is InChI=1S/C16H26N/c1-14(2)11-7-10-15(3)8-6-9-16(4,17-5)13(15)12(11)14/h5,11-13H,6-10H2,1-4H3/q+1. The van der Waals surface area contributed by atoms with Crippen LogP contribution < -0.4 is 0 Å². The minimum absolute atomic E-state index is 0.0457. The summed E-state index contributed by atoms with van der Waals surface area (Å²) >= 11 is 0. The Bertz CT molecular complexity index is 391. The fourth-order valence-corrected chi connectivity index (χ4v) is 5.64. The molecular formula is C16H26N+. The van der Waals surface area contributed by atoms with Gasteiger partial charge in [0.05, 0.1) is 5.92 Å². The van der Waals surface area contributed by atoms with Crippen LogP contribution in [-0.4, -0.2) is 5.54 Å². The zero-order chi connectivity index (χ0) is 12.5. The molecule has 0 saturated heterocycles. The van der Waals surface area contributed by atoms with E-state index in [0.717, 1.165) is 17.8 Å². The van der Waals surface area contributed by atoms with Gasteiger partial charge >= 0.3 is 0 Å². The fraction of sp³-hybridized carbons (Fsp3) is 0.938. The van der Waals surface area contributed by atoms with Gasteiger partial charge in [0.25, 0.3) is 12.1 Å². The summed E-state index contributed by atoms with van der Waals surface area (Å²) in [6, 6.07) is 0. The molecule has 94 valence electrons. The maximum Gasteiger partial charge on any atom is 0.281 e. The van der Waals surface area contributed by atoms with Gasteiger partial charge in [0, 0.05) is 13.3 Å². The number of hydrogen-bond donors (Lipinski definition) is 0. The van der Waals surface area contributed by atoms with Gasteiger partial charge in [-0.3, -0.25) is 0 Å². The topological polar surface area (TPSA) is 4.36 Å². The van der Waals surface area contributed by atoms with Crippen molar-refractivity contribution in [2.75, 3.05) is 0 Å². The fourth-order valence-electron chi connectivity index (χ4n) is 5.64. The van der Waals surface area contributed by atoms with E-state index in [9.17, 15) is 0 Å². The van der Waals surface area contributed by atoms with Crippen LogP contribution in [0, 0.1) is 35.2 Å². The van der Waals surface area contributed by atoms with Gasteiger partial charge in [-0.2, -0.15) is 0 Å². The van der Waals surface area contributed by atoms with Crippen molar-refractivity contribution in [3.05, 3.63) is 4.85 Å². The van der Waals surface area contributed by atoms with Crippen LogP contribution in [-0.2, 0) is 0 Å². The molecule has 5 unspecified atom stereocenters. The molecule has 0 radical (unpaired) electrons. The molecule has 5 atom stereocenters. The Hall–Kier alpha value is -0.510. The molecule has 0 spiro atoms. The Balaban J connectivity index is 2.02. The third-order valence-electron chi connectivity index (χ3n) is 6.67. The minimum Gasteiger partial charge on any atom is -0.0803 e. The highest BCUT2D eigenvalue weighted by Crippen LogP contribution is 2.74. The second-order valence-corrected chi connectivity index (χ2v) is 7.96. The first-order valence-electron chi connectivity index (χ1n) is 7.27. The summed E-state index contributed by atoms with van der Waals surface area (Å²) in [6.07, 6.45) is 6.73. The van der Waals surface area contributed by atoms with E-state index in [1.807, 2.05) is 0 Å². The zero-order valence-corrected chi connectivity index (χ0v) is 11.8. The van der Waals surface area contributed by atoms with E-state index < -0.39 is 0 Å². The molecule has 0 aromatic heterocycles. The molecular weight excluding hydrogens is 206 g/mol. The maximum absolute atomic E-state index is 5.80. The molecule has 0 aliphatic heterocycles. The largest absolute Gasteiger partial charge is 0.281 e. The van der Waals surface area contributed by atoms with E-state index in [1.165, 1.54) is 32.1 Å². The van der Waals surface area contributed by atoms with Gasteiger partial charge in [0.1, 0.15) is 0 Å². The van der Waals surface area contributed by atoms with Crippen molar-refractivity contribution in [1.29, 1.82) is 0 Å². The van der Waals surface area contributed by atoms with Gasteiger partial charge in [-0.1, -0.05) is 25.6 Å². The molecule has 17 heavy (non-hydrogen) atoms. The Morgan fingerprint density at radius 3 is 2.41 bits per heavy atom. The lowest BCUT2D eigenvalue weighted by Gasteiger charge is -2.47. The zero-order valence-electron chi connectivity index (χ0n) is 11.8. The minimum atomic E-state index is 0.0457. The van der Waals surface area contributed by atoms with Gasteiger partial charge in [-0.15, -0.1) is 0 Å². The molecule has 0 aromatic rings. The molecule has 3 aliphatic rings. The van der Waals surface area contributed by atoms with E-state index in [1.54, 1.807) is 0 Å². The molecule has 1 heteroatoms. The SMILES string of the molecule is C#[N+]C1(C)CCCC2(C)CCC3C(C21)C3(C)C. The Morgan fingerprint density at radius 1 is 1.06 bits per heavy atom. The van der Waals surface area contributed by atoms with Crippen LogP contribution in [0.25, 0.3) is 4.85 Å². The summed E-state index contributed by atoms with van der Waals surface area (Å²) in [7, 11) is 0. The van der Waals surface area contributed by atoms with Crippen LogP contribution >= 0.6 is 0 Å². The normalized spacial score (nSPS) is 55.4. The molecule has 1 nitrogen and oxygen atoms in total.